The second kappa shape index (κ2) is 8.15. The Morgan fingerprint density at radius 1 is 1.19 bits per heavy atom. The highest BCUT2D eigenvalue weighted by molar-refractivity contribution is 9.10. The second-order valence-electron chi connectivity index (χ2n) is 5.40. The minimum atomic E-state index is 0.544. The number of nitrogens with zero attached hydrogens (tertiary/aromatic N) is 1. The third kappa shape index (κ3) is 5.14. The molecule has 0 saturated heterocycles. The molecule has 0 bridgehead atoms. The van der Waals surface area contributed by atoms with E-state index in [-0.39, 0.29) is 0 Å². The molecule has 0 aliphatic rings. The summed E-state index contributed by atoms with van der Waals surface area (Å²) in [7, 11) is 0. The SMILES string of the molecule is CC(C)CNCc1cccc(Br)c1OCc1ccncc1. The molecule has 0 atom stereocenters. The Balaban J connectivity index is 2.03. The Bertz CT molecular complexity index is 558. The van der Waals surface area contributed by atoms with Gasteiger partial charge in [-0.2, -0.15) is 0 Å². The topological polar surface area (TPSA) is 34.1 Å². The lowest BCUT2D eigenvalue weighted by molar-refractivity contribution is 0.300. The van der Waals surface area contributed by atoms with Gasteiger partial charge in [0, 0.05) is 24.5 Å². The summed E-state index contributed by atoms with van der Waals surface area (Å²) in [5, 5.41) is 3.46. The van der Waals surface area contributed by atoms with Crippen LogP contribution in [0.2, 0.25) is 0 Å². The molecule has 0 fully saturated rings. The largest absolute Gasteiger partial charge is 0.487 e. The summed E-state index contributed by atoms with van der Waals surface area (Å²) in [6.07, 6.45) is 3.56. The zero-order chi connectivity index (χ0) is 15.1. The summed E-state index contributed by atoms with van der Waals surface area (Å²) in [5.41, 5.74) is 2.28. The summed E-state index contributed by atoms with van der Waals surface area (Å²) in [4.78, 5) is 4.02. The van der Waals surface area contributed by atoms with Crippen LogP contribution in [0.4, 0.5) is 0 Å². The van der Waals surface area contributed by atoms with Crippen LogP contribution in [0.1, 0.15) is 25.0 Å². The predicted octanol–water partition coefficient (Wildman–Crippen LogP) is 4.17. The molecule has 1 N–H and O–H groups in total. The van der Waals surface area contributed by atoms with Gasteiger partial charge in [0.15, 0.2) is 0 Å². The van der Waals surface area contributed by atoms with E-state index in [4.69, 9.17) is 4.74 Å². The van der Waals surface area contributed by atoms with Gasteiger partial charge in [0.1, 0.15) is 12.4 Å². The van der Waals surface area contributed by atoms with Gasteiger partial charge in [0.05, 0.1) is 4.47 Å². The van der Waals surface area contributed by atoms with Gasteiger partial charge in [-0.05, 0) is 52.2 Å². The molecule has 0 unspecified atom stereocenters. The first-order chi connectivity index (χ1) is 10.2. The van der Waals surface area contributed by atoms with E-state index >= 15 is 0 Å². The van der Waals surface area contributed by atoms with Crippen molar-refractivity contribution in [3.8, 4) is 5.75 Å². The van der Waals surface area contributed by atoms with Gasteiger partial charge in [0.2, 0.25) is 0 Å². The number of ether oxygens (including phenoxy) is 1. The van der Waals surface area contributed by atoms with Gasteiger partial charge >= 0.3 is 0 Å². The molecule has 3 nitrogen and oxygen atoms in total. The van der Waals surface area contributed by atoms with Crippen LogP contribution in [0.15, 0.2) is 47.2 Å². The first-order valence-corrected chi connectivity index (χ1v) is 7.96. The van der Waals surface area contributed by atoms with Crippen LogP contribution in [0, 0.1) is 5.92 Å². The summed E-state index contributed by atoms with van der Waals surface area (Å²) >= 11 is 3.58. The number of pyridine rings is 1. The number of para-hydroxylation sites is 1. The average Bonchev–Trinajstić information content (AvgIpc) is 2.47. The van der Waals surface area contributed by atoms with Crippen molar-refractivity contribution in [2.75, 3.05) is 6.54 Å². The molecule has 112 valence electrons. The second-order valence-corrected chi connectivity index (χ2v) is 6.25. The number of benzene rings is 1. The van der Waals surface area contributed by atoms with E-state index in [0.29, 0.717) is 12.5 Å². The fourth-order valence-electron chi connectivity index (χ4n) is 1.98. The quantitative estimate of drug-likeness (QED) is 0.815. The molecule has 1 aromatic heterocycles. The molecule has 0 spiro atoms. The third-order valence-corrected chi connectivity index (χ3v) is 3.67. The summed E-state index contributed by atoms with van der Waals surface area (Å²) in [5.74, 6) is 1.55. The Kier molecular flexibility index (Phi) is 6.21. The van der Waals surface area contributed by atoms with Crippen LogP contribution in [0.5, 0.6) is 5.75 Å². The molecule has 2 rings (SSSR count). The summed E-state index contributed by atoms with van der Waals surface area (Å²) in [6.45, 7) is 6.76. The van der Waals surface area contributed by atoms with Crippen LogP contribution in [-0.4, -0.2) is 11.5 Å². The normalized spacial score (nSPS) is 10.9. The monoisotopic (exact) mass is 348 g/mol. The number of hydrogen-bond donors (Lipinski definition) is 1. The summed E-state index contributed by atoms with van der Waals surface area (Å²) < 4.78 is 6.98. The molecule has 0 aliphatic carbocycles. The molecule has 4 heteroatoms. The lowest BCUT2D eigenvalue weighted by Gasteiger charge is -2.14. The zero-order valence-corrected chi connectivity index (χ0v) is 14.1. The molecule has 0 saturated carbocycles. The third-order valence-electron chi connectivity index (χ3n) is 3.05. The number of aromatic nitrogens is 1. The zero-order valence-electron chi connectivity index (χ0n) is 12.5. The van der Waals surface area contributed by atoms with Crippen LogP contribution >= 0.6 is 15.9 Å². The van der Waals surface area contributed by atoms with Crippen molar-refractivity contribution in [1.29, 1.82) is 0 Å². The maximum absolute atomic E-state index is 6.00. The molecular weight excluding hydrogens is 328 g/mol. The smallest absolute Gasteiger partial charge is 0.138 e. The lowest BCUT2D eigenvalue weighted by atomic mass is 10.1. The minimum Gasteiger partial charge on any atom is -0.487 e. The minimum absolute atomic E-state index is 0.544. The highest BCUT2D eigenvalue weighted by Crippen LogP contribution is 2.29. The molecule has 21 heavy (non-hydrogen) atoms. The number of nitrogens with one attached hydrogen (secondary N) is 1. The first-order valence-electron chi connectivity index (χ1n) is 7.16. The molecule has 1 heterocycles. The van der Waals surface area contributed by atoms with Crippen molar-refractivity contribution in [1.82, 2.24) is 10.3 Å². The van der Waals surface area contributed by atoms with E-state index in [1.165, 1.54) is 5.56 Å². The fraction of sp³-hybridized carbons (Fsp3) is 0.353. The van der Waals surface area contributed by atoms with Crippen LogP contribution in [-0.2, 0) is 13.2 Å². The van der Waals surface area contributed by atoms with Crippen molar-refractivity contribution in [3.05, 3.63) is 58.3 Å². The Labute approximate surface area is 134 Å². The van der Waals surface area contributed by atoms with Gasteiger partial charge in [-0.25, -0.2) is 0 Å². The molecule has 0 aliphatic heterocycles. The number of hydrogen-bond acceptors (Lipinski definition) is 3. The number of rotatable bonds is 7. The van der Waals surface area contributed by atoms with E-state index in [1.54, 1.807) is 12.4 Å². The standard InChI is InChI=1S/C17H21BrN2O/c1-13(2)10-20-11-15-4-3-5-16(18)17(15)21-12-14-6-8-19-9-7-14/h3-9,13,20H,10-12H2,1-2H3. The van der Waals surface area contributed by atoms with Gasteiger partial charge in [-0.1, -0.05) is 26.0 Å². The highest BCUT2D eigenvalue weighted by Gasteiger charge is 2.08. The molecule has 0 radical (unpaired) electrons. The first kappa shape index (κ1) is 16.0. The Morgan fingerprint density at radius 3 is 2.67 bits per heavy atom. The molecular formula is C17H21BrN2O. The maximum Gasteiger partial charge on any atom is 0.138 e. The lowest BCUT2D eigenvalue weighted by Crippen LogP contribution is -2.19. The summed E-state index contributed by atoms with van der Waals surface area (Å²) in [6, 6.07) is 10.1. The fourth-order valence-corrected chi connectivity index (χ4v) is 2.51. The van der Waals surface area contributed by atoms with Crippen LogP contribution < -0.4 is 10.1 Å². The van der Waals surface area contributed by atoms with Crippen LogP contribution in [0.3, 0.4) is 0 Å². The van der Waals surface area contributed by atoms with E-state index < -0.39 is 0 Å². The maximum atomic E-state index is 6.00. The van der Waals surface area contributed by atoms with E-state index in [2.05, 4.69) is 46.1 Å². The molecule has 1 aromatic carbocycles. The van der Waals surface area contributed by atoms with Crippen LogP contribution in [0.25, 0.3) is 0 Å². The molecule has 2 aromatic rings. The predicted molar refractivity (Wildman–Crippen MR) is 89.3 cm³/mol. The van der Waals surface area contributed by atoms with Crippen molar-refractivity contribution < 1.29 is 4.74 Å². The Hall–Kier alpha value is -1.39. The highest BCUT2D eigenvalue weighted by atomic mass is 79.9. The van der Waals surface area contributed by atoms with Gasteiger partial charge in [-0.15, -0.1) is 0 Å². The van der Waals surface area contributed by atoms with Gasteiger partial charge in [-0.3, -0.25) is 4.98 Å². The van der Waals surface area contributed by atoms with E-state index in [1.807, 2.05) is 24.3 Å². The van der Waals surface area contributed by atoms with Crippen molar-refractivity contribution in [2.45, 2.75) is 27.0 Å². The van der Waals surface area contributed by atoms with Crippen molar-refractivity contribution in [2.24, 2.45) is 5.92 Å². The van der Waals surface area contributed by atoms with E-state index in [0.717, 1.165) is 28.9 Å². The molecule has 0 amide bonds. The van der Waals surface area contributed by atoms with Gasteiger partial charge in [0.25, 0.3) is 0 Å². The number of halogens is 1. The van der Waals surface area contributed by atoms with Crippen molar-refractivity contribution >= 4 is 15.9 Å². The Morgan fingerprint density at radius 2 is 1.95 bits per heavy atom. The average molecular weight is 349 g/mol. The van der Waals surface area contributed by atoms with Crippen molar-refractivity contribution in [3.63, 3.8) is 0 Å². The van der Waals surface area contributed by atoms with Gasteiger partial charge < -0.3 is 10.1 Å². The van der Waals surface area contributed by atoms with E-state index in [9.17, 15) is 0 Å².